The smallest absolute Gasteiger partial charge is 0.205 e. The molecule has 2 saturated carbocycles. The average Bonchev–Trinajstić information content (AvgIpc) is 2.88. The summed E-state index contributed by atoms with van der Waals surface area (Å²) in [6.07, 6.45) is 12.0. The second-order valence-electron chi connectivity index (χ2n) is 5.46. The lowest BCUT2D eigenvalue weighted by Gasteiger charge is -2.21. The van der Waals surface area contributed by atoms with Crippen molar-refractivity contribution < 1.29 is 0 Å². The molecule has 0 saturated heterocycles. The molecule has 0 aromatic carbocycles. The number of nitrogens with two attached hydrogens (primary N) is 1. The summed E-state index contributed by atoms with van der Waals surface area (Å²) >= 11 is 0. The first-order valence-corrected chi connectivity index (χ1v) is 7.16. The molecule has 2 rings (SSSR count). The number of rotatable bonds is 3. The number of guanidine groups is 1. The van der Waals surface area contributed by atoms with Crippen LogP contribution in [0.1, 0.15) is 57.8 Å². The van der Waals surface area contributed by atoms with Crippen molar-refractivity contribution in [1.29, 1.82) is 0 Å². The molecule has 0 spiro atoms. The van der Waals surface area contributed by atoms with Gasteiger partial charge < -0.3 is 5.32 Å². The predicted octanol–water partition coefficient (Wildman–Crippen LogP) is 1.92. The quantitative estimate of drug-likeness (QED) is 0.305. The third-order valence-corrected chi connectivity index (χ3v) is 4.07. The van der Waals surface area contributed by atoms with Gasteiger partial charge in [0, 0.05) is 12.6 Å². The van der Waals surface area contributed by atoms with Gasteiger partial charge in [0.15, 0.2) is 0 Å². The van der Waals surface area contributed by atoms with E-state index in [1.165, 1.54) is 57.8 Å². The third kappa shape index (κ3) is 4.19. The summed E-state index contributed by atoms with van der Waals surface area (Å²) in [7, 11) is 0. The summed E-state index contributed by atoms with van der Waals surface area (Å²) in [5.41, 5.74) is 2.71. The molecule has 4 heteroatoms. The highest BCUT2D eigenvalue weighted by molar-refractivity contribution is 5.79. The van der Waals surface area contributed by atoms with Gasteiger partial charge in [-0.25, -0.2) is 5.84 Å². The molecule has 0 aromatic heterocycles. The first-order chi connectivity index (χ1) is 8.38. The molecule has 0 amide bonds. The molecular weight excluding hydrogens is 212 g/mol. The van der Waals surface area contributed by atoms with Crippen LogP contribution < -0.4 is 16.6 Å². The zero-order chi connectivity index (χ0) is 11.9. The molecule has 2 aliphatic rings. The number of nitrogens with one attached hydrogen (secondary N) is 2. The molecule has 0 aromatic rings. The Hall–Kier alpha value is -0.770. The van der Waals surface area contributed by atoms with E-state index in [2.05, 4.69) is 15.7 Å². The average molecular weight is 238 g/mol. The molecule has 4 N–H and O–H groups in total. The predicted molar refractivity (Wildman–Crippen MR) is 71.6 cm³/mol. The summed E-state index contributed by atoms with van der Waals surface area (Å²) < 4.78 is 0. The van der Waals surface area contributed by atoms with E-state index in [1.54, 1.807) is 0 Å². The van der Waals surface area contributed by atoms with E-state index in [0.29, 0.717) is 6.04 Å². The van der Waals surface area contributed by atoms with Crippen molar-refractivity contribution in [2.75, 3.05) is 6.54 Å². The van der Waals surface area contributed by atoms with Gasteiger partial charge in [0.1, 0.15) is 0 Å². The Kier molecular flexibility index (Phi) is 5.10. The van der Waals surface area contributed by atoms with E-state index in [-0.39, 0.29) is 0 Å². The monoisotopic (exact) mass is 238 g/mol. The van der Waals surface area contributed by atoms with Crippen LogP contribution in [0.5, 0.6) is 0 Å². The molecule has 0 radical (unpaired) electrons. The van der Waals surface area contributed by atoms with Crippen molar-refractivity contribution in [3.8, 4) is 0 Å². The lowest BCUT2D eigenvalue weighted by atomic mass is 9.89. The van der Waals surface area contributed by atoms with E-state index in [9.17, 15) is 0 Å². The zero-order valence-corrected chi connectivity index (χ0v) is 10.8. The molecular formula is C13H26N4. The van der Waals surface area contributed by atoms with Gasteiger partial charge in [-0.05, 0) is 31.6 Å². The van der Waals surface area contributed by atoms with Gasteiger partial charge in [0.25, 0.3) is 0 Å². The highest BCUT2D eigenvalue weighted by atomic mass is 15.3. The van der Waals surface area contributed by atoms with E-state index < -0.39 is 0 Å². The standard InChI is InChI=1S/C13H26N4/c14-17-13(16-12-8-4-5-9-12)15-10-11-6-2-1-3-7-11/h11-12H,1-10,14H2,(H2,15,16,17). The Morgan fingerprint density at radius 2 is 1.65 bits per heavy atom. The van der Waals surface area contributed by atoms with Crippen molar-refractivity contribution in [2.45, 2.75) is 63.8 Å². The van der Waals surface area contributed by atoms with Crippen LogP contribution in [0.3, 0.4) is 0 Å². The Morgan fingerprint density at radius 1 is 1.00 bits per heavy atom. The van der Waals surface area contributed by atoms with E-state index in [4.69, 9.17) is 5.84 Å². The largest absolute Gasteiger partial charge is 0.353 e. The van der Waals surface area contributed by atoms with Crippen molar-refractivity contribution in [2.24, 2.45) is 16.8 Å². The van der Waals surface area contributed by atoms with Gasteiger partial charge >= 0.3 is 0 Å². The van der Waals surface area contributed by atoms with Crippen LogP contribution in [0.2, 0.25) is 0 Å². The molecule has 2 aliphatic carbocycles. The molecule has 4 nitrogen and oxygen atoms in total. The number of aliphatic imine (C=N–C) groups is 1. The number of hydrogen-bond donors (Lipinski definition) is 3. The van der Waals surface area contributed by atoms with Crippen LogP contribution in [0, 0.1) is 5.92 Å². The van der Waals surface area contributed by atoms with Gasteiger partial charge in [0.2, 0.25) is 5.96 Å². The van der Waals surface area contributed by atoms with Crippen LogP contribution in [-0.2, 0) is 0 Å². The molecule has 0 atom stereocenters. The minimum atomic E-state index is 0.580. The zero-order valence-electron chi connectivity index (χ0n) is 10.8. The third-order valence-electron chi connectivity index (χ3n) is 4.07. The minimum absolute atomic E-state index is 0.580. The van der Waals surface area contributed by atoms with Gasteiger partial charge in [0.05, 0.1) is 0 Å². The summed E-state index contributed by atoms with van der Waals surface area (Å²) in [5.74, 6) is 7.09. The maximum atomic E-state index is 5.52. The Labute approximate surface area is 104 Å². The van der Waals surface area contributed by atoms with Gasteiger partial charge in [-0.1, -0.05) is 32.1 Å². The fraction of sp³-hybridized carbons (Fsp3) is 0.923. The topological polar surface area (TPSA) is 62.4 Å². The van der Waals surface area contributed by atoms with Crippen molar-refractivity contribution in [3.63, 3.8) is 0 Å². The summed E-state index contributed by atoms with van der Waals surface area (Å²) in [5, 5.41) is 3.42. The van der Waals surface area contributed by atoms with Crippen LogP contribution in [0.25, 0.3) is 0 Å². The SMILES string of the molecule is NNC(=NCC1CCCCC1)NC1CCCC1. The van der Waals surface area contributed by atoms with Gasteiger partial charge in [-0.2, -0.15) is 0 Å². The van der Waals surface area contributed by atoms with Crippen LogP contribution in [0.4, 0.5) is 0 Å². The van der Waals surface area contributed by atoms with Gasteiger partial charge in [-0.15, -0.1) is 0 Å². The summed E-state index contributed by atoms with van der Waals surface area (Å²) in [6, 6.07) is 0.580. The molecule has 98 valence electrons. The number of hydrazine groups is 1. The number of hydrogen-bond acceptors (Lipinski definition) is 2. The van der Waals surface area contributed by atoms with E-state index >= 15 is 0 Å². The molecule has 0 aliphatic heterocycles. The first-order valence-electron chi connectivity index (χ1n) is 7.16. The van der Waals surface area contributed by atoms with Crippen LogP contribution >= 0.6 is 0 Å². The van der Waals surface area contributed by atoms with Crippen LogP contribution in [-0.4, -0.2) is 18.5 Å². The highest BCUT2D eigenvalue weighted by Crippen LogP contribution is 2.23. The lowest BCUT2D eigenvalue weighted by molar-refractivity contribution is 0.366. The summed E-state index contributed by atoms with van der Waals surface area (Å²) in [4.78, 5) is 4.60. The molecule has 0 bridgehead atoms. The Morgan fingerprint density at radius 3 is 2.29 bits per heavy atom. The molecule has 0 heterocycles. The molecule has 17 heavy (non-hydrogen) atoms. The van der Waals surface area contributed by atoms with Crippen LogP contribution in [0.15, 0.2) is 4.99 Å². The summed E-state index contributed by atoms with van der Waals surface area (Å²) in [6.45, 7) is 0.930. The van der Waals surface area contributed by atoms with Crippen molar-refractivity contribution in [1.82, 2.24) is 10.7 Å². The fourth-order valence-corrected chi connectivity index (χ4v) is 2.99. The second-order valence-corrected chi connectivity index (χ2v) is 5.46. The molecule has 2 fully saturated rings. The van der Waals surface area contributed by atoms with E-state index in [0.717, 1.165) is 18.4 Å². The Balaban J connectivity index is 1.75. The maximum Gasteiger partial charge on any atom is 0.205 e. The van der Waals surface area contributed by atoms with Crippen molar-refractivity contribution >= 4 is 5.96 Å². The Bertz CT molecular complexity index is 240. The normalized spacial score (nSPS) is 23.9. The second kappa shape index (κ2) is 6.84. The van der Waals surface area contributed by atoms with Crippen molar-refractivity contribution in [3.05, 3.63) is 0 Å². The highest BCUT2D eigenvalue weighted by Gasteiger charge is 2.16. The first kappa shape index (κ1) is 12.7. The lowest BCUT2D eigenvalue weighted by Crippen LogP contribution is -2.45. The minimum Gasteiger partial charge on any atom is -0.353 e. The maximum absolute atomic E-state index is 5.52. The van der Waals surface area contributed by atoms with Gasteiger partial charge in [-0.3, -0.25) is 10.4 Å². The number of nitrogens with zero attached hydrogens (tertiary/aromatic N) is 1. The van der Waals surface area contributed by atoms with E-state index in [1.807, 2.05) is 0 Å². The fourth-order valence-electron chi connectivity index (χ4n) is 2.99. The molecule has 0 unspecified atom stereocenters.